The summed E-state index contributed by atoms with van der Waals surface area (Å²) in [5, 5.41) is 0. The molecule has 1 fully saturated rings. The van der Waals surface area contributed by atoms with Crippen molar-refractivity contribution >= 4 is 5.91 Å². The Morgan fingerprint density at radius 1 is 1.03 bits per heavy atom. The molecule has 0 bridgehead atoms. The van der Waals surface area contributed by atoms with Gasteiger partial charge >= 0.3 is 0 Å². The van der Waals surface area contributed by atoms with Gasteiger partial charge in [-0.25, -0.2) is 0 Å². The quantitative estimate of drug-likeness (QED) is 0.696. The minimum absolute atomic E-state index is 0.198. The Bertz CT molecular complexity index is 958. The Labute approximate surface area is 172 Å². The summed E-state index contributed by atoms with van der Waals surface area (Å²) in [6, 6.07) is 22.7. The molecule has 1 atom stereocenters. The highest BCUT2D eigenvalue weighted by Gasteiger charge is 2.41. The molecule has 1 aliphatic heterocycles. The van der Waals surface area contributed by atoms with Crippen LogP contribution in [0, 0.1) is 5.41 Å². The predicted octanol–water partition coefficient (Wildman–Crippen LogP) is 4.06. The van der Waals surface area contributed by atoms with Crippen molar-refractivity contribution < 1.29 is 4.79 Å². The lowest BCUT2D eigenvalue weighted by Crippen LogP contribution is -2.51. The van der Waals surface area contributed by atoms with Crippen molar-refractivity contribution in [3.63, 3.8) is 0 Å². The van der Waals surface area contributed by atoms with Crippen molar-refractivity contribution in [3.05, 3.63) is 90.3 Å². The fourth-order valence-corrected chi connectivity index (χ4v) is 4.48. The lowest BCUT2D eigenvalue weighted by atomic mass is 9.73. The molecule has 0 saturated carbocycles. The van der Waals surface area contributed by atoms with Crippen LogP contribution in [0.15, 0.2) is 79.1 Å². The number of hydrogen-bond donors (Lipinski definition) is 1. The number of carbonyl (C=O) groups excluding carboxylic acids is 1. The molecule has 0 spiro atoms. The summed E-state index contributed by atoms with van der Waals surface area (Å²) in [4.78, 5) is 19.3. The fourth-order valence-electron chi connectivity index (χ4n) is 4.48. The van der Waals surface area contributed by atoms with Crippen molar-refractivity contribution in [2.24, 2.45) is 11.1 Å². The van der Waals surface area contributed by atoms with Crippen molar-refractivity contribution in [1.82, 2.24) is 9.88 Å². The van der Waals surface area contributed by atoms with E-state index in [9.17, 15) is 4.79 Å². The summed E-state index contributed by atoms with van der Waals surface area (Å²) in [6.45, 7) is 2.53. The number of primary amides is 1. The smallest absolute Gasteiger partial charge is 0.225 e. The molecule has 1 saturated heterocycles. The third kappa shape index (κ3) is 4.38. The molecule has 148 valence electrons. The Kier molecular flexibility index (Phi) is 5.72. The molecule has 1 aliphatic rings. The number of carbonyl (C=O) groups is 1. The number of pyridine rings is 1. The highest BCUT2D eigenvalue weighted by molar-refractivity contribution is 5.82. The van der Waals surface area contributed by atoms with Crippen LogP contribution < -0.4 is 5.73 Å². The van der Waals surface area contributed by atoms with E-state index in [1.165, 1.54) is 5.56 Å². The molecule has 4 heteroatoms. The maximum absolute atomic E-state index is 12.7. The summed E-state index contributed by atoms with van der Waals surface area (Å²) < 4.78 is 0. The summed E-state index contributed by atoms with van der Waals surface area (Å²) >= 11 is 0. The molecule has 4 rings (SSSR count). The van der Waals surface area contributed by atoms with Crippen LogP contribution in [0.4, 0.5) is 0 Å². The molecule has 29 heavy (non-hydrogen) atoms. The van der Waals surface area contributed by atoms with Crippen LogP contribution in [0.25, 0.3) is 11.1 Å². The van der Waals surface area contributed by atoms with E-state index >= 15 is 0 Å². The standard InChI is InChI=1S/C25H27N3O/c26-24(29)25(13-7-15-28(19-25)18-20-8-2-1-3-9-20)16-21-10-4-5-12-23(21)22-11-6-14-27-17-22/h1-6,8-12,14,17H,7,13,15-16,18-19H2,(H2,26,29)/t25-/m0/s1. The molecular weight excluding hydrogens is 358 g/mol. The SMILES string of the molecule is NC(=O)[C@]1(Cc2ccccc2-c2cccnc2)CCCN(Cc2ccccc2)C1. The van der Waals surface area contributed by atoms with Crippen molar-refractivity contribution in [3.8, 4) is 11.1 Å². The zero-order chi connectivity index (χ0) is 20.1. The largest absolute Gasteiger partial charge is 0.369 e. The predicted molar refractivity (Wildman–Crippen MR) is 116 cm³/mol. The highest BCUT2D eigenvalue weighted by atomic mass is 16.1. The van der Waals surface area contributed by atoms with Crippen LogP contribution in [0.3, 0.4) is 0 Å². The van der Waals surface area contributed by atoms with E-state index in [2.05, 4.69) is 52.3 Å². The Morgan fingerprint density at radius 3 is 2.59 bits per heavy atom. The number of likely N-dealkylation sites (tertiary alicyclic amines) is 1. The summed E-state index contributed by atoms with van der Waals surface area (Å²) in [6.07, 6.45) is 6.11. The minimum atomic E-state index is -0.550. The zero-order valence-electron chi connectivity index (χ0n) is 16.6. The number of nitrogens with two attached hydrogens (primary N) is 1. The summed E-state index contributed by atoms with van der Waals surface area (Å²) in [5.41, 5.74) is 10.1. The number of piperidine rings is 1. The van der Waals surface area contributed by atoms with Gasteiger partial charge in [-0.15, -0.1) is 0 Å². The van der Waals surface area contributed by atoms with Gasteiger partial charge in [0.05, 0.1) is 5.41 Å². The van der Waals surface area contributed by atoms with Gasteiger partial charge in [0, 0.05) is 31.0 Å². The highest BCUT2D eigenvalue weighted by Crippen LogP contribution is 2.37. The van der Waals surface area contributed by atoms with E-state index in [4.69, 9.17) is 5.73 Å². The van der Waals surface area contributed by atoms with Crippen LogP contribution in [-0.4, -0.2) is 28.9 Å². The van der Waals surface area contributed by atoms with E-state index in [-0.39, 0.29) is 5.91 Å². The number of aromatic nitrogens is 1. The van der Waals surface area contributed by atoms with Gasteiger partial charge in [-0.2, -0.15) is 0 Å². The van der Waals surface area contributed by atoms with E-state index in [1.54, 1.807) is 6.20 Å². The van der Waals surface area contributed by atoms with Gasteiger partial charge in [0.25, 0.3) is 0 Å². The van der Waals surface area contributed by atoms with Crippen LogP contribution in [0.2, 0.25) is 0 Å². The lowest BCUT2D eigenvalue weighted by molar-refractivity contribution is -0.131. The summed E-state index contributed by atoms with van der Waals surface area (Å²) in [5.74, 6) is -0.198. The van der Waals surface area contributed by atoms with Gasteiger partial charge in [-0.05, 0) is 48.6 Å². The summed E-state index contributed by atoms with van der Waals surface area (Å²) in [7, 11) is 0. The molecule has 1 aromatic heterocycles. The Balaban J connectivity index is 1.61. The number of amides is 1. The first-order valence-electron chi connectivity index (χ1n) is 10.2. The molecule has 2 aromatic carbocycles. The monoisotopic (exact) mass is 385 g/mol. The zero-order valence-corrected chi connectivity index (χ0v) is 16.6. The van der Waals surface area contributed by atoms with E-state index in [1.807, 2.05) is 30.5 Å². The minimum Gasteiger partial charge on any atom is -0.369 e. The van der Waals surface area contributed by atoms with E-state index in [0.29, 0.717) is 13.0 Å². The van der Waals surface area contributed by atoms with Crippen molar-refractivity contribution in [2.75, 3.05) is 13.1 Å². The van der Waals surface area contributed by atoms with Gasteiger partial charge < -0.3 is 5.73 Å². The normalized spacial score (nSPS) is 19.7. The van der Waals surface area contributed by atoms with E-state index in [0.717, 1.165) is 42.6 Å². The topological polar surface area (TPSA) is 59.2 Å². The Hall–Kier alpha value is -2.98. The average molecular weight is 386 g/mol. The average Bonchev–Trinajstić information content (AvgIpc) is 2.76. The van der Waals surface area contributed by atoms with Gasteiger partial charge in [-0.3, -0.25) is 14.7 Å². The van der Waals surface area contributed by atoms with Gasteiger partial charge in [-0.1, -0.05) is 60.7 Å². The maximum Gasteiger partial charge on any atom is 0.225 e. The second-order valence-corrected chi connectivity index (χ2v) is 8.02. The molecule has 0 radical (unpaired) electrons. The van der Waals surface area contributed by atoms with Crippen molar-refractivity contribution in [1.29, 1.82) is 0 Å². The fraction of sp³-hybridized carbons (Fsp3) is 0.280. The molecule has 0 unspecified atom stereocenters. The molecule has 2 N–H and O–H groups in total. The number of benzene rings is 2. The second kappa shape index (κ2) is 8.58. The first-order chi connectivity index (χ1) is 14.2. The third-order valence-corrected chi connectivity index (χ3v) is 5.95. The molecule has 3 aromatic rings. The van der Waals surface area contributed by atoms with Crippen LogP contribution in [0.5, 0.6) is 0 Å². The first-order valence-corrected chi connectivity index (χ1v) is 10.2. The third-order valence-electron chi connectivity index (χ3n) is 5.95. The number of hydrogen-bond acceptors (Lipinski definition) is 3. The molecule has 0 aliphatic carbocycles. The molecule has 1 amide bonds. The van der Waals surface area contributed by atoms with Crippen LogP contribution >= 0.6 is 0 Å². The molecule has 4 nitrogen and oxygen atoms in total. The van der Waals surface area contributed by atoms with Crippen molar-refractivity contribution in [2.45, 2.75) is 25.8 Å². The maximum atomic E-state index is 12.7. The van der Waals surface area contributed by atoms with Gasteiger partial charge in [0.15, 0.2) is 0 Å². The van der Waals surface area contributed by atoms with Crippen LogP contribution in [0.1, 0.15) is 24.0 Å². The van der Waals surface area contributed by atoms with Crippen LogP contribution in [-0.2, 0) is 17.8 Å². The van der Waals surface area contributed by atoms with E-state index < -0.39 is 5.41 Å². The molecule has 2 heterocycles. The molecular formula is C25H27N3O. The number of rotatable bonds is 6. The van der Waals surface area contributed by atoms with Gasteiger partial charge in [0.2, 0.25) is 5.91 Å². The lowest BCUT2D eigenvalue weighted by Gasteiger charge is -2.41. The Morgan fingerprint density at radius 2 is 1.83 bits per heavy atom. The number of nitrogens with zero attached hydrogens (tertiary/aromatic N) is 2. The van der Waals surface area contributed by atoms with Gasteiger partial charge in [0.1, 0.15) is 0 Å². The first kappa shape index (κ1) is 19.3. The second-order valence-electron chi connectivity index (χ2n) is 8.02.